The van der Waals surface area contributed by atoms with Crippen LogP contribution in [0.25, 0.3) is 11.1 Å². The zero-order chi connectivity index (χ0) is 14.9. The Hall–Kier alpha value is -2.36. The molecule has 108 valence electrons. The summed E-state index contributed by atoms with van der Waals surface area (Å²) in [4.78, 5) is 0. The minimum atomic E-state index is -0.00170. The highest BCUT2D eigenvalue weighted by atomic mass is 15.3. The molecular weight excluding hydrogens is 260 g/mol. The number of benzene rings is 1. The normalized spacial score (nSPS) is 11.8. The molecule has 1 aromatic carbocycles. The van der Waals surface area contributed by atoms with Crippen LogP contribution in [-0.2, 0) is 12.1 Å². The van der Waals surface area contributed by atoms with E-state index in [0.29, 0.717) is 0 Å². The minimum Gasteiger partial charge on any atom is -0.268 e. The van der Waals surface area contributed by atoms with Gasteiger partial charge in [-0.3, -0.25) is 9.36 Å². The number of hydrogen-bond donors (Lipinski definition) is 0. The molecule has 0 saturated heterocycles. The van der Waals surface area contributed by atoms with E-state index in [1.165, 1.54) is 5.56 Å². The Labute approximate surface area is 125 Å². The molecule has 2 heterocycles. The predicted octanol–water partition coefficient (Wildman–Crippen LogP) is 3.55. The molecule has 21 heavy (non-hydrogen) atoms. The third kappa shape index (κ3) is 3.05. The maximum atomic E-state index is 4.44. The lowest BCUT2D eigenvalue weighted by molar-refractivity contribution is 0.355. The first kappa shape index (κ1) is 13.6. The molecule has 0 aliphatic carbocycles. The van der Waals surface area contributed by atoms with Gasteiger partial charge in [0.1, 0.15) is 0 Å². The van der Waals surface area contributed by atoms with Crippen LogP contribution in [0.4, 0.5) is 0 Å². The third-order valence-corrected chi connectivity index (χ3v) is 3.42. The quantitative estimate of drug-likeness (QED) is 0.735. The summed E-state index contributed by atoms with van der Waals surface area (Å²) >= 11 is 0. The van der Waals surface area contributed by atoms with E-state index in [2.05, 4.69) is 55.5 Å². The molecule has 0 fully saturated rings. The summed E-state index contributed by atoms with van der Waals surface area (Å²) in [7, 11) is 0. The molecule has 0 atom stereocenters. The second-order valence-electron chi connectivity index (χ2n) is 6.26. The van der Waals surface area contributed by atoms with Gasteiger partial charge in [0.25, 0.3) is 0 Å². The van der Waals surface area contributed by atoms with Crippen LogP contribution in [-0.4, -0.2) is 19.6 Å². The van der Waals surface area contributed by atoms with Crippen LogP contribution in [0.1, 0.15) is 26.3 Å². The molecule has 0 radical (unpaired) electrons. The van der Waals surface area contributed by atoms with Crippen LogP contribution in [0.15, 0.2) is 55.1 Å². The summed E-state index contributed by atoms with van der Waals surface area (Å²) in [6, 6.07) is 10.3. The van der Waals surface area contributed by atoms with E-state index in [9.17, 15) is 0 Å². The summed E-state index contributed by atoms with van der Waals surface area (Å²) < 4.78 is 3.94. The van der Waals surface area contributed by atoms with Crippen molar-refractivity contribution >= 4 is 0 Å². The summed E-state index contributed by atoms with van der Waals surface area (Å²) in [6.45, 7) is 7.21. The van der Waals surface area contributed by atoms with Gasteiger partial charge in [-0.1, -0.05) is 30.3 Å². The van der Waals surface area contributed by atoms with Crippen LogP contribution in [0.2, 0.25) is 0 Å². The Morgan fingerprint density at radius 3 is 2.24 bits per heavy atom. The smallest absolute Gasteiger partial charge is 0.0659 e. The van der Waals surface area contributed by atoms with Gasteiger partial charge in [-0.05, 0) is 26.3 Å². The molecule has 4 heteroatoms. The van der Waals surface area contributed by atoms with Gasteiger partial charge in [0.15, 0.2) is 0 Å². The highest BCUT2D eigenvalue weighted by molar-refractivity contribution is 5.59. The second kappa shape index (κ2) is 5.20. The van der Waals surface area contributed by atoms with E-state index in [1.807, 2.05) is 40.0 Å². The highest BCUT2D eigenvalue weighted by Crippen LogP contribution is 2.21. The summed E-state index contributed by atoms with van der Waals surface area (Å²) in [5.74, 6) is 0. The van der Waals surface area contributed by atoms with Crippen LogP contribution < -0.4 is 0 Å². The van der Waals surface area contributed by atoms with Gasteiger partial charge >= 0.3 is 0 Å². The average molecular weight is 280 g/mol. The molecular formula is C17H20N4. The molecule has 2 aromatic heterocycles. The summed E-state index contributed by atoms with van der Waals surface area (Å²) in [6.07, 6.45) is 7.93. The molecule has 0 unspecified atom stereocenters. The molecule has 0 bridgehead atoms. The number of rotatable bonds is 3. The van der Waals surface area contributed by atoms with Gasteiger partial charge in [-0.15, -0.1) is 0 Å². The molecule has 0 aliphatic heterocycles. The zero-order valence-electron chi connectivity index (χ0n) is 12.7. The lowest BCUT2D eigenvalue weighted by atomic mass is 10.1. The topological polar surface area (TPSA) is 35.6 Å². The monoisotopic (exact) mass is 280 g/mol. The van der Waals surface area contributed by atoms with Crippen LogP contribution >= 0.6 is 0 Å². The van der Waals surface area contributed by atoms with Gasteiger partial charge in [-0.2, -0.15) is 10.2 Å². The lowest BCUT2D eigenvalue weighted by Gasteiger charge is -2.18. The van der Waals surface area contributed by atoms with Crippen molar-refractivity contribution in [2.24, 2.45) is 0 Å². The average Bonchev–Trinajstić information content (AvgIpc) is 3.07. The Morgan fingerprint density at radius 1 is 0.905 bits per heavy atom. The van der Waals surface area contributed by atoms with Crippen molar-refractivity contribution in [3.8, 4) is 11.1 Å². The highest BCUT2D eigenvalue weighted by Gasteiger charge is 2.15. The lowest BCUT2D eigenvalue weighted by Crippen LogP contribution is -2.21. The van der Waals surface area contributed by atoms with Crippen LogP contribution in [0.3, 0.4) is 0 Å². The first-order valence-electron chi connectivity index (χ1n) is 7.14. The molecule has 4 nitrogen and oxygen atoms in total. The van der Waals surface area contributed by atoms with Crippen molar-refractivity contribution in [1.82, 2.24) is 19.6 Å². The fourth-order valence-corrected chi connectivity index (χ4v) is 2.21. The van der Waals surface area contributed by atoms with E-state index < -0.39 is 0 Å². The minimum absolute atomic E-state index is 0.00170. The van der Waals surface area contributed by atoms with Gasteiger partial charge in [0, 0.05) is 23.5 Å². The Balaban J connectivity index is 1.80. The predicted molar refractivity (Wildman–Crippen MR) is 84.0 cm³/mol. The standard InChI is InChI=1S/C17H20N4/c1-17(2,3)21-13-16(10-19-21)15-9-18-20(12-15)11-14-7-5-4-6-8-14/h4-10,12-13H,11H2,1-3H3. The molecule has 0 saturated carbocycles. The first-order chi connectivity index (χ1) is 10.0. The van der Waals surface area contributed by atoms with E-state index >= 15 is 0 Å². The summed E-state index contributed by atoms with van der Waals surface area (Å²) in [5.41, 5.74) is 3.45. The Morgan fingerprint density at radius 2 is 1.57 bits per heavy atom. The third-order valence-electron chi connectivity index (χ3n) is 3.42. The SMILES string of the molecule is CC(C)(C)n1cc(-c2cnn(Cc3ccccc3)c2)cn1. The van der Waals surface area contributed by atoms with Crippen molar-refractivity contribution < 1.29 is 0 Å². The van der Waals surface area contributed by atoms with Gasteiger partial charge in [0.2, 0.25) is 0 Å². The van der Waals surface area contributed by atoms with Gasteiger partial charge < -0.3 is 0 Å². The first-order valence-corrected chi connectivity index (χ1v) is 7.14. The van der Waals surface area contributed by atoms with Gasteiger partial charge in [0.05, 0.1) is 24.5 Å². The largest absolute Gasteiger partial charge is 0.268 e. The number of hydrogen-bond acceptors (Lipinski definition) is 2. The van der Waals surface area contributed by atoms with Crippen molar-refractivity contribution in [3.05, 3.63) is 60.7 Å². The van der Waals surface area contributed by atoms with Crippen molar-refractivity contribution in [3.63, 3.8) is 0 Å². The molecule has 0 N–H and O–H groups in total. The maximum absolute atomic E-state index is 4.44. The zero-order valence-corrected chi connectivity index (χ0v) is 12.7. The number of nitrogens with zero attached hydrogens (tertiary/aromatic N) is 4. The van der Waals surface area contributed by atoms with E-state index in [0.717, 1.165) is 17.7 Å². The van der Waals surface area contributed by atoms with Crippen molar-refractivity contribution in [2.45, 2.75) is 32.9 Å². The molecule has 0 amide bonds. The van der Waals surface area contributed by atoms with E-state index in [1.54, 1.807) is 0 Å². The summed E-state index contributed by atoms with van der Waals surface area (Å²) in [5, 5.41) is 8.88. The Kier molecular flexibility index (Phi) is 3.37. The van der Waals surface area contributed by atoms with Gasteiger partial charge in [-0.25, -0.2) is 0 Å². The number of aromatic nitrogens is 4. The van der Waals surface area contributed by atoms with Crippen molar-refractivity contribution in [2.75, 3.05) is 0 Å². The second-order valence-corrected chi connectivity index (χ2v) is 6.26. The fraction of sp³-hybridized carbons (Fsp3) is 0.294. The van der Waals surface area contributed by atoms with Crippen molar-refractivity contribution in [1.29, 1.82) is 0 Å². The maximum Gasteiger partial charge on any atom is 0.0659 e. The van der Waals surface area contributed by atoms with E-state index in [-0.39, 0.29) is 5.54 Å². The van der Waals surface area contributed by atoms with Crippen LogP contribution in [0, 0.1) is 0 Å². The van der Waals surface area contributed by atoms with E-state index in [4.69, 9.17) is 0 Å². The molecule has 0 spiro atoms. The molecule has 3 rings (SSSR count). The van der Waals surface area contributed by atoms with Crippen LogP contribution in [0.5, 0.6) is 0 Å². The molecule has 3 aromatic rings. The molecule has 0 aliphatic rings. The fourth-order valence-electron chi connectivity index (χ4n) is 2.21. The Bertz CT molecular complexity index is 717.